The number of hydrogen-bond donors (Lipinski definition) is 0. The Morgan fingerprint density at radius 2 is 1.80 bits per heavy atom. The SMILES string of the molecule is [2H]C([2H])([2H])c1ccc2c(n1)oc1c(-c3cc(C4([2H])CCCC4)ccn3)[c-]ccc12.[2H]C([2H])c1c[c-]c(-c2ccc(C([2H])([2H])[2H])cn2)cc1.[Ir]. The van der Waals surface area contributed by atoms with E-state index in [1.54, 1.807) is 36.5 Å². The van der Waals surface area contributed by atoms with Crippen LogP contribution in [-0.4, -0.2) is 15.0 Å². The van der Waals surface area contributed by atoms with Crippen molar-refractivity contribution in [2.45, 2.75) is 52.2 Å². The summed E-state index contributed by atoms with van der Waals surface area (Å²) < 4.78 is 73.8. The van der Waals surface area contributed by atoms with Crippen LogP contribution in [-0.2, 0) is 20.1 Å². The van der Waals surface area contributed by atoms with Gasteiger partial charge in [0.05, 0.1) is 5.58 Å². The van der Waals surface area contributed by atoms with E-state index in [0.717, 1.165) is 42.0 Å². The van der Waals surface area contributed by atoms with Crippen LogP contribution >= 0.6 is 0 Å². The Kier molecular flexibility index (Phi) is 5.71. The molecular formula is C35H31IrN3O-2. The van der Waals surface area contributed by atoms with Crippen LogP contribution in [0.15, 0.2) is 83.5 Å². The van der Waals surface area contributed by atoms with Crippen molar-refractivity contribution in [2.75, 3.05) is 0 Å². The van der Waals surface area contributed by atoms with E-state index in [9.17, 15) is 0 Å². The van der Waals surface area contributed by atoms with Gasteiger partial charge in [-0.3, -0.25) is 0 Å². The normalized spacial score (nSPS) is 18.0. The van der Waals surface area contributed by atoms with Crippen molar-refractivity contribution in [3.05, 3.63) is 114 Å². The Bertz CT molecular complexity index is 2050. The fraction of sp³-hybridized carbons (Fsp3) is 0.229. The van der Waals surface area contributed by atoms with Gasteiger partial charge in [0.1, 0.15) is 0 Å². The van der Waals surface area contributed by atoms with Crippen molar-refractivity contribution in [3.63, 3.8) is 0 Å². The number of aryl methyl sites for hydroxylation is 3. The number of benzene rings is 2. The average molecular weight is 711 g/mol. The van der Waals surface area contributed by atoms with E-state index < -0.39 is 26.5 Å². The Morgan fingerprint density at radius 3 is 2.55 bits per heavy atom. The van der Waals surface area contributed by atoms with E-state index in [2.05, 4.69) is 27.1 Å². The molecule has 7 rings (SSSR count). The molecule has 1 fully saturated rings. The first-order valence-corrected chi connectivity index (χ1v) is 12.8. The quantitative estimate of drug-likeness (QED) is 0.172. The molecule has 40 heavy (non-hydrogen) atoms. The van der Waals surface area contributed by atoms with Gasteiger partial charge in [0.15, 0.2) is 0 Å². The monoisotopic (exact) mass is 711 g/mol. The largest absolute Gasteiger partial charge is 0.486 e. The minimum Gasteiger partial charge on any atom is -0.486 e. The molecule has 0 unspecified atom stereocenters. The van der Waals surface area contributed by atoms with Crippen molar-refractivity contribution in [3.8, 4) is 22.5 Å². The van der Waals surface area contributed by atoms with Crippen molar-refractivity contribution in [2.24, 2.45) is 0 Å². The van der Waals surface area contributed by atoms with Crippen LogP contribution in [0.25, 0.3) is 44.6 Å². The molecular weight excluding hydrogens is 671 g/mol. The third kappa shape index (κ3) is 5.91. The van der Waals surface area contributed by atoms with Crippen molar-refractivity contribution >= 4 is 22.1 Å². The van der Waals surface area contributed by atoms with Crippen LogP contribution in [0.4, 0.5) is 0 Å². The van der Waals surface area contributed by atoms with E-state index in [1.807, 2.05) is 24.3 Å². The number of aromatic nitrogens is 3. The van der Waals surface area contributed by atoms with Gasteiger partial charge in [-0.2, -0.15) is 0 Å². The smallest absolute Gasteiger partial charge is 0.216 e. The standard InChI is InChI=1S/C22H19N2O.C13H12N.Ir/c1-14-9-10-18-17-7-4-8-19(21(17)25-22(18)24-14)20-13-16(11-12-23-20)15-5-2-3-6-15;1-10-3-6-12(7-4-10)13-8-5-11(2)9-14-13;/h4,7,9-13,15H,2-3,5-6H2,1H3;3-6,8-9H,1-2H3;/q2*-1;/i1D3,15D;1D2,2D3;. The maximum absolute atomic E-state index is 8.79. The summed E-state index contributed by atoms with van der Waals surface area (Å²) >= 11 is 0. The summed E-state index contributed by atoms with van der Waals surface area (Å²) in [6, 6.07) is 25.1. The first-order valence-electron chi connectivity index (χ1n) is 17.4. The number of hydrogen-bond acceptors (Lipinski definition) is 4. The van der Waals surface area contributed by atoms with E-state index in [0.29, 0.717) is 39.4 Å². The molecule has 0 bridgehead atoms. The van der Waals surface area contributed by atoms with Crippen molar-refractivity contribution < 1.29 is 36.9 Å². The molecule has 1 aliphatic rings. The summed E-state index contributed by atoms with van der Waals surface area (Å²) in [6.07, 6.45) is 6.93. The number of rotatable bonds is 3. The van der Waals surface area contributed by atoms with Gasteiger partial charge in [0.25, 0.3) is 0 Å². The van der Waals surface area contributed by atoms with E-state index in [4.69, 9.17) is 16.8 Å². The summed E-state index contributed by atoms with van der Waals surface area (Å²) in [7, 11) is 0. The summed E-state index contributed by atoms with van der Waals surface area (Å²) in [4.78, 5) is 12.8. The zero-order valence-corrected chi connectivity index (χ0v) is 23.9. The number of furan rings is 1. The molecule has 0 spiro atoms. The Balaban J connectivity index is 0.000000205. The van der Waals surface area contributed by atoms with Crippen LogP contribution in [0.1, 0.15) is 66.3 Å². The molecule has 1 saturated carbocycles. The molecule has 4 aromatic heterocycles. The fourth-order valence-electron chi connectivity index (χ4n) is 4.84. The third-order valence-corrected chi connectivity index (χ3v) is 6.81. The molecule has 4 nitrogen and oxygen atoms in total. The van der Waals surface area contributed by atoms with Crippen LogP contribution < -0.4 is 0 Å². The molecule has 4 heterocycles. The predicted octanol–water partition coefficient (Wildman–Crippen LogP) is 8.97. The first-order chi connectivity index (χ1) is 22.7. The van der Waals surface area contributed by atoms with Gasteiger partial charge in [-0.1, -0.05) is 54.4 Å². The van der Waals surface area contributed by atoms with Gasteiger partial charge in [-0.15, -0.1) is 53.6 Å². The van der Waals surface area contributed by atoms with Crippen molar-refractivity contribution in [1.82, 2.24) is 15.0 Å². The van der Waals surface area contributed by atoms with Gasteiger partial charge in [-0.25, -0.2) is 4.98 Å². The van der Waals surface area contributed by atoms with E-state index in [-0.39, 0.29) is 31.4 Å². The number of pyridine rings is 3. The maximum atomic E-state index is 8.79. The van der Waals surface area contributed by atoms with Crippen LogP contribution in [0.3, 0.4) is 0 Å². The molecule has 1 aliphatic carbocycles. The summed E-state index contributed by atoms with van der Waals surface area (Å²) in [5.74, 6) is -0.560. The van der Waals surface area contributed by atoms with Crippen LogP contribution in [0.5, 0.6) is 0 Å². The summed E-state index contributed by atoms with van der Waals surface area (Å²) in [5.41, 5.74) is 5.31. The second-order valence-corrected chi connectivity index (χ2v) is 9.45. The Morgan fingerprint density at radius 1 is 0.900 bits per heavy atom. The van der Waals surface area contributed by atoms with Crippen LogP contribution in [0.2, 0.25) is 0 Å². The fourth-order valence-corrected chi connectivity index (χ4v) is 4.84. The Labute approximate surface area is 261 Å². The molecule has 2 aromatic carbocycles. The molecule has 0 saturated heterocycles. The van der Waals surface area contributed by atoms with Gasteiger partial charge in [0, 0.05) is 55.9 Å². The van der Waals surface area contributed by atoms with Gasteiger partial charge in [-0.05, 0) is 67.6 Å². The molecule has 0 amide bonds. The second-order valence-electron chi connectivity index (χ2n) is 9.45. The van der Waals surface area contributed by atoms with E-state index in [1.165, 1.54) is 18.3 Å². The van der Waals surface area contributed by atoms with Gasteiger partial charge >= 0.3 is 0 Å². The second kappa shape index (κ2) is 12.2. The zero-order chi connectivity index (χ0) is 34.3. The first kappa shape index (κ1) is 18.6. The number of fused-ring (bicyclic) bond motifs is 3. The number of nitrogens with zero attached hydrogens (tertiary/aromatic N) is 3. The van der Waals surface area contributed by atoms with Crippen LogP contribution in [0, 0.1) is 32.7 Å². The molecule has 5 heteroatoms. The molecule has 6 aromatic rings. The minimum absolute atomic E-state index is 0. The zero-order valence-electron chi connectivity index (χ0n) is 30.5. The minimum atomic E-state index is -2.29. The van der Waals surface area contributed by atoms with Crippen molar-refractivity contribution in [1.29, 1.82) is 0 Å². The summed E-state index contributed by atoms with van der Waals surface area (Å²) in [5, 5.41) is 1.60. The van der Waals surface area contributed by atoms with Gasteiger partial charge < -0.3 is 14.4 Å². The molecule has 203 valence electrons. The molecule has 0 N–H and O–H groups in total. The van der Waals surface area contributed by atoms with E-state index >= 15 is 0 Å². The average Bonchev–Trinajstić information content (AvgIpc) is 3.68. The molecule has 1 radical (unpaired) electrons. The summed E-state index contributed by atoms with van der Waals surface area (Å²) in [6.45, 7) is -5.47. The van der Waals surface area contributed by atoms with Gasteiger partial charge in [0.2, 0.25) is 5.71 Å². The Hall–Kier alpha value is -3.66. The third-order valence-electron chi connectivity index (χ3n) is 6.81. The molecule has 0 aliphatic heterocycles. The molecule has 0 atom stereocenters. The maximum Gasteiger partial charge on any atom is 0.216 e. The predicted molar refractivity (Wildman–Crippen MR) is 158 cm³/mol. The topological polar surface area (TPSA) is 51.8 Å².